The van der Waals surface area contributed by atoms with Crippen molar-refractivity contribution in [2.75, 3.05) is 26.2 Å². The summed E-state index contributed by atoms with van der Waals surface area (Å²) in [6.07, 6.45) is 2.97. The summed E-state index contributed by atoms with van der Waals surface area (Å²) in [7, 11) is 0. The van der Waals surface area contributed by atoms with E-state index >= 15 is 0 Å². The largest absolute Gasteiger partial charge is 0.396 e. The third kappa shape index (κ3) is 3.70. The Labute approximate surface area is 168 Å². The van der Waals surface area contributed by atoms with E-state index in [0.29, 0.717) is 17.0 Å². The summed E-state index contributed by atoms with van der Waals surface area (Å²) in [5.74, 6) is -1.58. The lowest BCUT2D eigenvalue weighted by atomic mass is 9.88. The van der Waals surface area contributed by atoms with Crippen LogP contribution in [0.5, 0.6) is 0 Å². The molecule has 0 saturated carbocycles. The molecule has 0 aliphatic carbocycles. The molecule has 0 aromatic heterocycles. The maximum atomic E-state index is 12.9. The minimum atomic E-state index is -0.932. The molecule has 2 N–H and O–H groups in total. The molecule has 4 rings (SSSR count). The predicted octanol–water partition coefficient (Wildman–Crippen LogP) is 0.650. The van der Waals surface area contributed by atoms with Crippen molar-refractivity contribution < 1.29 is 24.3 Å². The molecule has 3 heterocycles. The van der Waals surface area contributed by atoms with Crippen LogP contribution < -0.4 is 5.32 Å². The lowest BCUT2D eigenvalue weighted by Gasteiger charge is -2.32. The molecular formula is C21H25N3O5. The first-order valence-electron chi connectivity index (χ1n) is 10.2. The minimum absolute atomic E-state index is 0.115. The van der Waals surface area contributed by atoms with Crippen molar-refractivity contribution >= 4 is 23.6 Å². The van der Waals surface area contributed by atoms with Crippen LogP contribution in [0, 0.1) is 0 Å². The number of aliphatic hydroxyl groups excluding tert-OH is 1. The van der Waals surface area contributed by atoms with Crippen molar-refractivity contribution in [1.82, 2.24) is 15.1 Å². The molecule has 1 atom stereocenters. The maximum Gasteiger partial charge on any atom is 0.262 e. The lowest BCUT2D eigenvalue weighted by molar-refractivity contribution is -0.136. The summed E-state index contributed by atoms with van der Waals surface area (Å²) >= 11 is 0. The number of rotatable bonds is 5. The first kappa shape index (κ1) is 19.7. The molecular weight excluding hydrogens is 374 g/mol. The summed E-state index contributed by atoms with van der Waals surface area (Å²) in [5, 5.41) is 11.2. The Morgan fingerprint density at radius 3 is 2.41 bits per heavy atom. The van der Waals surface area contributed by atoms with Crippen LogP contribution in [0.1, 0.15) is 64.3 Å². The number of imide groups is 2. The van der Waals surface area contributed by atoms with E-state index in [1.807, 2.05) is 6.07 Å². The van der Waals surface area contributed by atoms with Crippen molar-refractivity contribution in [2.24, 2.45) is 0 Å². The molecule has 1 aromatic rings. The smallest absolute Gasteiger partial charge is 0.262 e. The molecule has 2 saturated heterocycles. The standard InChI is InChI=1S/C21H25N3O5/c25-11-1-8-23-9-6-13(7-10-23)14-2-3-15-16(12-14)21(29)24(20(15)28)17-4-5-18(26)22-19(17)27/h2-3,12-13,17,25H,1,4-11H2,(H,22,26,27). The number of likely N-dealkylation sites (tertiary alicyclic amines) is 1. The number of hydrogen-bond donors (Lipinski definition) is 2. The quantitative estimate of drug-likeness (QED) is 0.704. The zero-order valence-corrected chi connectivity index (χ0v) is 16.2. The molecule has 3 aliphatic rings. The van der Waals surface area contributed by atoms with Gasteiger partial charge in [0.1, 0.15) is 6.04 Å². The van der Waals surface area contributed by atoms with E-state index in [2.05, 4.69) is 10.2 Å². The number of carbonyl (C=O) groups excluding carboxylic acids is 4. The minimum Gasteiger partial charge on any atom is -0.396 e. The molecule has 1 unspecified atom stereocenters. The van der Waals surface area contributed by atoms with Crippen LogP contribution in [-0.2, 0) is 9.59 Å². The predicted molar refractivity (Wildman–Crippen MR) is 103 cm³/mol. The second kappa shape index (κ2) is 8.04. The van der Waals surface area contributed by atoms with Gasteiger partial charge >= 0.3 is 0 Å². The average Bonchev–Trinajstić information content (AvgIpc) is 2.97. The van der Waals surface area contributed by atoms with Crippen LogP contribution >= 0.6 is 0 Å². The Bertz CT molecular complexity index is 860. The van der Waals surface area contributed by atoms with Crippen molar-refractivity contribution in [3.63, 3.8) is 0 Å². The van der Waals surface area contributed by atoms with Gasteiger partial charge in [-0.2, -0.15) is 0 Å². The van der Waals surface area contributed by atoms with Crippen LogP contribution in [0.15, 0.2) is 18.2 Å². The van der Waals surface area contributed by atoms with Gasteiger partial charge in [-0.15, -0.1) is 0 Å². The van der Waals surface area contributed by atoms with Crippen LogP contribution in [0.2, 0.25) is 0 Å². The van der Waals surface area contributed by atoms with E-state index in [-0.39, 0.29) is 25.4 Å². The molecule has 8 nitrogen and oxygen atoms in total. The van der Waals surface area contributed by atoms with E-state index in [0.717, 1.165) is 49.4 Å². The van der Waals surface area contributed by atoms with Gasteiger partial charge in [0.2, 0.25) is 11.8 Å². The molecule has 29 heavy (non-hydrogen) atoms. The SMILES string of the molecule is O=C1CCC(N2C(=O)c3ccc(C4CCN(CCCO)CC4)cc3C2=O)C(=O)N1. The van der Waals surface area contributed by atoms with E-state index in [9.17, 15) is 19.2 Å². The molecule has 1 aromatic carbocycles. The normalized spacial score (nSPS) is 23.5. The van der Waals surface area contributed by atoms with Gasteiger partial charge in [0.15, 0.2) is 0 Å². The van der Waals surface area contributed by atoms with Crippen molar-refractivity contribution in [1.29, 1.82) is 0 Å². The van der Waals surface area contributed by atoms with Crippen LogP contribution in [0.3, 0.4) is 0 Å². The number of nitrogens with one attached hydrogen (secondary N) is 1. The fourth-order valence-corrected chi connectivity index (χ4v) is 4.53. The van der Waals surface area contributed by atoms with Crippen molar-refractivity contribution in [3.8, 4) is 0 Å². The molecule has 8 heteroatoms. The molecule has 154 valence electrons. The van der Waals surface area contributed by atoms with E-state index < -0.39 is 23.8 Å². The van der Waals surface area contributed by atoms with Crippen molar-refractivity contribution in [3.05, 3.63) is 34.9 Å². The van der Waals surface area contributed by atoms with E-state index in [1.165, 1.54) is 0 Å². The van der Waals surface area contributed by atoms with Crippen LogP contribution in [0.4, 0.5) is 0 Å². The van der Waals surface area contributed by atoms with Crippen LogP contribution in [-0.4, -0.2) is 70.8 Å². The lowest BCUT2D eigenvalue weighted by Crippen LogP contribution is -2.54. The monoisotopic (exact) mass is 399 g/mol. The fourth-order valence-electron chi connectivity index (χ4n) is 4.53. The van der Waals surface area contributed by atoms with Gasteiger partial charge in [-0.05, 0) is 62.4 Å². The number of piperidine rings is 2. The highest BCUT2D eigenvalue weighted by Gasteiger charge is 2.44. The maximum absolute atomic E-state index is 12.9. The summed E-state index contributed by atoms with van der Waals surface area (Å²) in [6.45, 7) is 2.97. The Morgan fingerprint density at radius 1 is 1.00 bits per heavy atom. The third-order valence-electron chi connectivity index (χ3n) is 6.16. The van der Waals surface area contributed by atoms with Gasteiger partial charge in [-0.25, -0.2) is 0 Å². The van der Waals surface area contributed by atoms with Gasteiger partial charge in [0.25, 0.3) is 11.8 Å². The highest BCUT2D eigenvalue weighted by molar-refractivity contribution is 6.23. The van der Waals surface area contributed by atoms with Gasteiger partial charge in [-0.1, -0.05) is 6.07 Å². The molecule has 2 fully saturated rings. The van der Waals surface area contributed by atoms with Crippen LogP contribution in [0.25, 0.3) is 0 Å². The number of aliphatic hydroxyl groups is 1. The Balaban J connectivity index is 1.49. The highest BCUT2D eigenvalue weighted by Crippen LogP contribution is 2.33. The first-order chi connectivity index (χ1) is 14.0. The van der Waals surface area contributed by atoms with Gasteiger partial charge in [0.05, 0.1) is 11.1 Å². The number of carbonyl (C=O) groups is 4. The summed E-state index contributed by atoms with van der Waals surface area (Å²) < 4.78 is 0. The summed E-state index contributed by atoms with van der Waals surface area (Å²) in [6, 6.07) is 4.47. The van der Waals surface area contributed by atoms with Gasteiger partial charge in [0, 0.05) is 19.6 Å². The third-order valence-corrected chi connectivity index (χ3v) is 6.16. The fraction of sp³-hybridized carbons (Fsp3) is 0.524. The first-order valence-corrected chi connectivity index (χ1v) is 10.2. The number of amides is 4. The molecule has 0 bridgehead atoms. The van der Waals surface area contributed by atoms with Gasteiger partial charge in [-0.3, -0.25) is 29.4 Å². The second-order valence-electron chi connectivity index (χ2n) is 7.95. The Kier molecular flexibility index (Phi) is 5.47. The summed E-state index contributed by atoms with van der Waals surface area (Å²) in [5.41, 5.74) is 1.71. The molecule has 4 amide bonds. The topological polar surface area (TPSA) is 107 Å². The number of benzene rings is 1. The second-order valence-corrected chi connectivity index (χ2v) is 7.95. The number of nitrogens with zero attached hydrogens (tertiary/aromatic N) is 2. The Morgan fingerprint density at radius 2 is 1.72 bits per heavy atom. The van der Waals surface area contributed by atoms with Crippen molar-refractivity contribution in [2.45, 2.75) is 44.1 Å². The summed E-state index contributed by atoms with van der Waals surface area (Å²) in [4.78, 5) is 52.6. The molecule has 0 spiro atoms. The zero-order valence-electron chi connectivity index (χ0n) is 16.2. The number of fused-ring (bicyclic) bond motifs is 1. The average molecular weight is 399 g/mol. The number of hydrogen-bond acceptors (Lipinski definition) is 6. The molecule has 0 radical (unpaired) electrons. The molecule has 3 aliphatic heterocycles. The highest BCUT2D eigenvalue weighted by atomic mass is 16.3. The van der Waals surface area contributed by atoms with E-state index in [1.54, 1.807) is 12.1 Å². The Hall–Kier alpha value is -2.58. The zero-order chi connectivity index (χ0) is 20.5. The van der Waals surface area contributed by atoms with E-state index in [4.69, 9.17) is 5.11 Å². The van der Waals surface area contributed by atoms with Gasteiger partial charge < -0.3 is 10.0 Å².